The summed E-state index contributed by atoms with van der Waals surface area (Å²) in [7, 11) is 0. The van der Waals surface area contributed by atoms with Crippen LogP contribution in [0.5, 0.6) is 0 Å². The van der Waals surface area contributed by atoms with Crippen LogP contribution in [0.25, 0.3) is 0 Å². The summed E-state index contributed by atoms with van der Waals surface area (Å²) in [5.41, 5.74) is 8.33. The van der Waals surface area contributed by atoms with Gasteiger partial charge in [0, 0.05) is 11.4 Å². The van der Waals surface area contributed by atoms with Crippen molar-refractivity contribution in [3.05, 3.63) is 19.8 Å². The van der Waals surface area contributed by atoms with Gasteiger partial charge in [0.1, 0.15) is 0 Å². The first kappa shape index (κ1) is 11.2. The Labute approximate surface area is 92.5 Å². The minimum absolute atomic E-state index is 0.640. The molecule has 2 N–H and O–H groups in total. The molecule has 0 aliphatic carbocycles. The summed E-state index contributed by atoms with van der Waals surface area (Å²) in [5, 5.41) is 0. The number of thiophene rings is 1. The molecule has 0 aliphatic rings. The zero-order chi connectivity index (χ0) is 10.0. The summed E-state index contributed by atoms with van der Waals surface area (Å²) < 4.78 is 1.21. The average Bonchev–Trinajstić information content (AvgIpc) is 2.26. The molecule has 0 saturated carbocycles. The van der Waals surface area contributed by atoms with Crippen molar-refractivity contribution >= 4 is 27.3 Å². The molecule has 0 fully saturated rings. The fourth-order valence-electron chi connectivity index (χ4n) is 1.36. The summed E-state index contributed by atoms with van der Waals surface area (Å²) in [5.74, 6) is 0.717. The molecule has 74 valence electrons. The van der Waals surface area contributed by atoms with E-state index in [0.717, 1.165) is 12.3 Å². The Balaban J connectivity index is 2.96. The number of nitrogens with two attached hydrogens (primary N) is 1. The van der Waals surface area contributed by atoms with Crippen LogP contribution in [-0.2, 0) is 13.0 Å². The molecule has 0 spiro atoms. The van der Waals surface area contributed by atoms with Gasteiger partial charge in [-0.25, -0.2) is 0 Å². The first-order valence-corrected chi connectivity index (χ1v) is 6.14. The highest BCUT2D eigenvalue weighted by Gasteiger charge is 2.12. The Kier molecular flexibility index (Phi) is 3.95. The highest BCUT2D eigenvalue weighted by molar-refractivity contribution is 9.11. The molecular formula is C10H16BrNS. The van der Waals surface area contributed by atoms with E-state index >= 15 is 0 Å². The normalized spacial score (nSPS) is 11.2. The Bertz CT molecular complexity index is 291. The van der Waals surface area contributed by atoms with Crippen molar-refractivity contribution in [3.8, 4) is 0 Å². The summed E-state index contributed by atoms with van der Waals surface area (Å²) in [6.07, 6.45) is 1.16. The lowest BCUT2D eigenvalue weighted by Gasteiger charge is -2.03. The maximum atomic E-state index is 5.67. The first-order chi connectivity index (χ1) is 6.06. The number of hydrogen-bond donors (Lipinski definition) is 1. The van der Waals surface area contributed by atoms with Crippen molar-refractivity contribution in [2.75, 3.05) is 0 Å². The van der Waals surface area contributed by atoms with E-state index in [-0.39, 0.29) is 0 Å². The van der Waals surface area contributed by atoms with E-state index in [1.54, 1.807) is 0 Å². The van der Waals surface area contributed by atoms with E-state index in [1.807, 2.05) is 11.3 Å². The molecule has 0 aromatic carbocycles. The van der Waals surface area contributed by atoms with Crippen LogP contribution in [0.3, 0.4) is 0 Å². The van der Waals surface area contributed by atoms with Gasteiger partial charge in [0.25, 0.3) is 0 Å². The monoisotopic (exact) mass is 261 g/mol. The van der Waals surface area contributed by atoms with Crippen molar-refractivity contribution in [3.63, 3.8) is 0 Å². The molecule has 1 heterocycles. The Morgan fingerprint density at radius 1 is 1.46 bits per heavy atom. The molecule has 0 radical (unpaired) electrons. The second-order valence-electron chi connectivity index (χ2n) is 3.70. The third-order valence-corrected chi connectivity index (χ3v) is 4.23. The number of hydrogen-bond acceptors (Lipinski definition) is 2. The molecule has 13 heavy (non-hydrogen) atoms. The van der Waals surface area contributed by atoms with Gasteiger partial charge in [0.2, 0.25) is 0 Å². The minimum Gasteiger partial charge on any atom is -0.326 e. The zero-order valence-electron chi connectivity index (χ0n) is 8.36. The molecular weight excluding hydrogens is 246 g/mol. The van der Waals surface area contributed by atoms with Crippen molar-refractivity contribution in [2.24, 2.45) is 11.7 Å². The lowest BCUT2D eigenvalue weighted by molar-refractivity contribution is 0.652. The summed E-state index contributed by atoms with van der Waals surface area (Å²) >= 11 is 5.39. The summed E-state index contributed by atoms with van der Waals surface area (Å²) in [6.45, 7) is 7.30. The second-order valence-corrected chi connectivity index (χ2v) is 6.13. The Hall–Kier alpha value is 0.140. The topological polar surface area (TPSA) is 26.0 Å². The van der Waals surface area contributed by atoms with Crippen LogP contribution >= 0.6 is 27.3 Å². The second kappa shape index (κ2) is 4.58. The highest BCUT2D eigenvalue weighted by atomic mass is 79.9. The Morgan fingerprint density at radius 2 is 2.08 bits per heavy atom. The van der Waals surface area contributed by atoms with Crippen LogP contribution in [0.4, 0.5) is 0 Å². The zero-order valence-corrected chi connectivity index (χ0v) is 10.8. The van der Waals surface area contributed by atoms with Gasteiger partial charge in [0.15, 0.2) is 0 Å². The maximum Gasteiger partial charge on any atom is 0.0748 e. The fourth-order valence-corrected chi connectivity index (χ4v) is 3.68. The van der Waals surface area contributed by atoms with E-state index in [1.165, 1.54) is 19.8 Å². The third kappa shape index (κ3) is 2.55. The molecule has 1 nitrogen and oxygen atoms in total. The van der Waals surface area contributed by atoms with E-state index < -0.39 is 0 Å². The van der Waals surface area contributed by atoms with Gasteiger partial charge in [-0.05, 0) is 46.3 Å². The molecule has 1 aromatic heterocycles. The van der Waals surface area contributed by atoms with E-state index in [0.29, 0.717) is 6.54 Å². The fraction of sp³-hybridized carbons (Fsp3) is 0.600. The van der Waals surface area contributed by atoms with Gasteiger partial charge in [-0.15, -0.1) is 11.3 Å². The van der Waals surface area contributed by atoms with Crippen LogP contribution in [0, 0.1) is 12.8 Å². The molecule has 0 atom stereocenters. The number of halogens is 1. The molecule has 0 unspecified atom stereocenters. The number of rotatable bonds is 3. The Morgan fingerprint density at radius 3 is 2.46 bits per heavy atom. The molecule has 1 aromatic rings. The van der Waals surface area contributed by atoms with Gasteiger partial charge in [-0.2, -0.15) is 0 Å². The molecule has 0 saturated heterocycles. The van der Waals surface area contributed by atoms with E-state index in [9.17, 15) is 0 Å². The van der Waals surface area contributed by atoms with Crippen molar-refractivity contribution < 1.29 is 0 Å². The van der Waals surface area contributed by atoms with Gasteiger partial charge < -0.3 is 5.73 Å². The van der Waals surface area contributed by atoms with Crippen molar-refractivity contribution in [1.82, 2.24) is 0 Å². The summed E-state index contributed by atoms with van der Waals surface area (Å²) in [6, 6.07) is 0. The molecule has 0 bridgehead atoms. The van der Waals surface area contributed by atoms with Gasteiger partial charge in [0.05, 0.1) is 3.79 Å². The highest BCUT2D eigenvalue weighted by Crippen LogP contribution is 2.33. The maximum absolute atomic E-state index is 5.67. The van der Waals surface area contributed by atoms with Gasteiger partial charge >= 0.3 is 0 Å². The lowest BCUT2D eigenvalue weighted by atomic mass is 10.1. The lowest BCUT2D eigenvalue weighted by Crippen LogP contribution is -1.99. The molecule has 0 amide bonds. The minimum atomic E-state index is 0.640. The van der Waals surface area contributed by atoms with Crippen LogP contribution < -0.4 is 5.73 Å². The van der Waals surface area contributed by atoms with E-state index in [2.05, 4.69) is 36.7 Å². The van der Waals surface area contributed by atoms with Crippen molar-refractivity contribution in [1.29, 1.82) is 0 Å². The largest absolute Gasteiger partial charge is 0.326 e. The predicted molar refractivity (Wildman–Crippen MR) is 63.2 cm³/mol. The van der Waals surface area contributed by atoms with Gasteiger partial charge in [-0.1, -0.05) is 13.8 Å². The smallest absolute Gasteiger partial charge is 0.0748 e. The third-order valence-electron chi connectivity index (χ3n) is 2.12. The van der Waals surface area contributed by atoms with Crippen LogP contribution in [-0.4, -0.2) is 0 Å². The summed E-state index contributed by atoms with van der Waals surface area (Å²) in [4.78, 5) is 1.47. The first-order valence-electron chi connectivity index (χ1n) is 4.53. The van der Waals surface area contributed by atoms with E-state index in [4.69, 9.17) is 5.73 Å². The SMILES string of the molecule is Cc1c(CC(C)C)sc(Br)c1CN. The standard InChI is InChI=1S/C10H16BrNS/c1-6(2)4-9-7(3)8(5-12)10(11)13-9/h6H,4-5,12H2,1-3H3. The molecule has 3 heteroatoms. The molecule has 0 aliphatic heterocycles. The quantitative estimate of drug-likeness (QED) is 0.886. The predicted octanol–water partition coefficient (Wildman–Crippen LogP) is 3.48. The van der Waals surface area contributed by atoms with Crippen LogP contribution in [0.2, 0.25) is 0 Å². The van der Waals surface area contributed by atoms with Gasteiger partial charge in [-0.3, -0.25) is 0 Å². The van der Waals surface area contributed by atoms with Crippen molar-refractivity contribution in [2.45, 2.75) is 33.7 Å². The average molecular weight is 262 g/mol. The molecule has 1 rings (SSSR count). The van der Waals surface area contributed by atoms with Crippen LogP contribution in [0.15, 0.2) is 3.79 Å². The van der Waals surface area contributed by atoms with Crippen LogP contribution in [0.1, 0.15) is 29.9 Å².